The minimum atomic E-state index is -0.00794. The molecule has 0 aromatic carbocycles. The Bertz CT molecular complexity index is 879. The highest BCUT2D eigenvalue weighted by Gasteiger charge is 2.23. The number of rotatable bonds is 8. The third-order valence-corrected chi connectivity index (χ3v) is 7.95. The van der Waals surface area contributed by atoms with E-state index in [1.165, 1.54) is 28.2 Å². The fourth-order valence-corrected chi connectivity index (χ4v) is 6.33. The Labute approximate surface area is 186 Å². The van der Waals surface area contributed by atoms with Gasteiger partial charge in [-0.15, -0.1) is 22.7 Å². The van der Waals surface area contributed by atoms with Crippen LogP contribution in [0, 0.1) is 11.3 Å². The predicted molar refractivity (Wildman–Crippen MR) is 122 cm³/mol. The van der Waals surface area contributed by atoms with Gasteiger partial charge < -0.3 is 10.1 Å². The molecule has 7 heteroatoms. The van der Waals surface area contributed by atoms with E-state index in [-0.39, 0.29) is 12.0 Å². The molecule has 1 atom stereocenters. The molecule has 0 spiro atoms. The minimum absolute atomic E-state index is 0.00794. The lowest BCUT2D eigenvalue weighted by molar-refractivity contribution is -0.116. The summed E-state index contributed by atoms with van der Waals surface area (Å²) >= 11 is 3.36. The number of amides is 1. The summed E-state index contributed by atoms with van der Waals surface area (Å²) in [5, 5.41) is 15.6. The molecule has 5 nitrogen and oxygen atoms in total. The Morgan fingerprint density at radius 3 is 2.97 bits per heavy atom. The molecule has 1 aliphatic heterocycles. The SMILES string of the molecule is N#Cc1c(NC(=O)CCN(Cc2cccs2)CC2CCCO2)sc2c1CCCCC2. The van der Waals surface area contributed by atoms with Gasteiger partial charge in [-0.2, -0.15) is 5.26 Å². The molecule has 2 aliphatic rings. The first-order valence-electron chi connectivity index (χ1n) is 10.9. The lowest BCUT2D eigenvalue weighted by atomic mass is 10.1. The number of carbonyl (C=O) groups excluding carboxylic acids is 1. The average molecular weight is 444 g/mol. The van der Waals surface area contributed by atoms with Gasteiger partial charge in [0.2, 0.25) is 5.91 Å². The molecule has 2 aromatic rings. The summed E-state index contributed by atoms with van der Waals surface area (Å²) in [5.41, 5.74) is 1.87. The van der Waals surface area contributed by atoms with Gasteiger partial charge in [0.1, 0.15) is 11.1 Å². The van der Waals surface area contributed by atoms with Crippen LogP contribution in [0.2, 0.25) is 0 Å². The summed E-state index contributed by atoms with van der Waals surface area (Å²) in [6.45, 7) is 3.25. The highest BCUT2D eigenvalue weighted by Crippen LogP contribution is 2.37. The average Bonchev–Trinajstić information content (AvgIpc) is 3.46. The standard InChI is InChI=1S/C23H29N3O2S2/c24-14-20-19-8-2-1-3-9-21(19)30-23(20)25-22(27)10-11-26(15-17-6-4-12-28-17)16-18-7-5-13-29-18/h5,7,13,17H,1-4,6,8-12,15-16H2,(H,25,27). The zero-order valence-electron chi connectivity index (χ0n) is 17.3. The molecule has 1 aliphatic carbocycles. The molecule has 2 aromatic heterocycles. The van der Waals surface area contributed by atoms with Crippen LogP contribution >= 0.6 is 22.7 Å². The minimum Gasteiger partial charge on any atom is -0.377 e. The largest absolute Gasteiger partial charge is 0.377 e. The topological polar surface area (TPSA) is 65.4 Å². The summed E-state index contributed by atoms with van der Waals surface area (Å²) in [5.74, 6) is -0.00794. The number of thiophene rings is 2. The highest BCUT2D eigenvalue weighted by atomic mass is 32.1. The smallest absolute Gasteiger partial charge is 0.226 e. The Kier molecular flexibility index (Phi) is 7.56. The lowest BCUT2D eigenvalue weighted by Crippen LogP contribution is -2.34. The Morgan fingerprint density at radius 1 is 1.30 bits per heavy atom. The van der Waals surface area contributed by atoms with Crippen molar-refractivity contribution in [2.45, 2.75) is 64.0 Å². The van der Waals surface area contributed by atoms with E-state index in [9.17, 15) is 10.1 Å². The van der Waals surface area contributed by atoms with E-state index in [1.807, 2.05) is 0 Å². The number of nitriles is 1. The van der Waals surface area contributed by atoms with E-state index in [2.05, 4.69) is 33.8 Å². The summed E-state index contributed by atoms with van der Waals surface area (Å²) in [6.07, 6.45) is 8.42. The lowest BCUT2D eigenvalue weighted by Gasteiger charge is -2.24. The molecule has 0 saturated carbocycles. The maximum absolute atomic E-state index is 12.7. The molecule has 1 amide bonds. The maximum atomic E-state index is 12.7. The quantitative estimate of drug-likeness (QED) is 0.586. The molecule has 4 rings (SSSR count). The van der Waals surface area contributed by atoms with Crippen molar-refractivity contribution in [1.82, 2.24) is 4.90 Å². The van der Waals surface area contributed by atoms with Crippen LogP contribution in [0.4, 0.5) is 5.00 Å². The van der Waals surface area contributed by atoms with Crippen LogP contribution in [0.5, 0.6) is 0 Å². The van der Waals surface area contributed by atoms with Gasteiger partial charge in [0.15, 0.2) is 0 Å². The molecule has 1 fully saturated rings. The number of aryl methyl sites for hydroxylation is 1. The monoisotopic (exact) mass is 443 g/mol. The summed E-state index contributed by atoms with van der Waals surface area (Å²) in [4.78, 5) is 17.7. The fraction of sp³-hybridized carbons (Fsp3) is 0.565. The van der Waals surface area contributed by atoms with E-state index < -0.39 is 0 Å². The van der Waals surface area contributed by atoms with Crippen LogP contribution < -0.4 is 5.32 Å². The first-order valence-corrected chi connectivity index (χ1v) is 12.6. The molecule has 1 unspecified atom stereocenters. The van der Waals surface area contributed by atoms with Crippen molar-refractivity contribution < 1.29 is 9.53 Å². The number of nitrogens with one attached hydrogen (secondary N) is 1. The van der Waals surface area contributed by atoms with Gasteiger partial charge >= 0.3 is 0 Å². The zero-order valence-corrected chi connectivity index (χ0v) is 19.0. The molecule has 1 saturated heterocycles. The summed E-state index contributed by atoms with van der Waals surface area (Å²) < 4.78 is 5.82. The van der Waals surface area contributed by atoms with Crippen molar-refractivity contribution in [1.29, 1.82) is 5.26 Å². The maximum Gasteiger partial charge on any atom is 0.226 e. The van der Waals surface area contributed by atoms with Crippen LogP contribution in [0.1, 0.15) is 59.4 Å². The Balaban J connectivity index is 1.36. The molecule has 3 heterocycles. The van der Waals surface area contributed by atoms with Crippen molar-refractivity contribution >= 4 is 33.6 Å². The summed E-state index contributed by atoms with van der Waals surface area (Å²) in [6, 6.07) is 6.56. The zero-order chi connectivity index (χ0) is 20.8. The molecule has 1 N–H and O–H groups in total. The van der Waals surface area contributed by atoms with Gasteiger partial charge in [0, 0.05) is 42.4 Å². The molecular formula is C23H29N3O2S2. The van der Waals surface area contributed by atoms with Crippen LogP contribution in [0.25, 0.3) is 0 Å². The van der Waals surface area contributed by atoms with Gasteiger partial charge in [-0.05, 0) is 55.5 Å². The van der Waals surface area contributed by atoms with Crippen molar-refractivity contribution in [3.8, 4) is 6.07 Å². The number of hydrogen-bond donors (Lipinski definition) is 1. The number of carbonyl (C=O) groups is 1. The molecule has 160 valence electrons. The van der Waals surface area contributed by atoms with Crippen LogP contribution in [-0.4, -0.2) is 36.6 Å². The molecule has 0 radical (unpaired) electrons. The highest BCUT2D eigenvalue weighted by molar-refractivity contribution is 7.16. The van der Waals surface area contributed by atoms with Crippen molar-refractivity contribution in [2.24, 2.45) is 0 Å². The molecular weight excluding hydrogens is 414 g/mol. The first-order chi connectivity index (χ1) is 14.7. The van der Waals surface area contributed by atoms with Crippen molar-refractivity contribution in [2.75, 3.05) is 25.0 Å². The number of nitrogens with zero attached hydrogens (tertiary/aromatic N) is 2. The van der Waals surface area contributed by atoms with Gasteiger partial charge in [-0.25, -0.2) is 0 Å². The second-order valence-corrected chi connectivity index (χ2v) is 10.3. The third-order valence-electron chi connectivity index (χ3n) is 5.89. The number of ether oxygens (including phenoxy) is 1. The van der Waals surface area contributed by atoms with Crippen molar-refractivity contribution in [3.05, 3.63) is 38.4 Å². The first kappa shape index (κ1) is 21.5. The fourth-order valence-electron chi connectivity index (χ4n) is 4.33. The van der Waals surface area contributed by atoms with E-state index in [0.29, 0.717) is 18.5 Å². The number of hydrogen-bond acceptors (Lipinski definition) is 6. The van der Waals surface area contributed by atoms with Crippen LogP contribution in [0.3, 0.4) is 0 Å². The van der Waals surface area contributed by atoms with Gasteiger partial charge in [0.25, 0.3) is 0 Å². The van der Waals surface area contributed by atoms with Gasteiger partial charge in [-0.1, -0.05) is 12.5 Å². The van der Waals surface area contributed by atoms with E-state index in [1.54, 1.807) is 22.7 Å². The second-order valence-electron chi connectivity index (χ2n) is 8.13. The molecule has 0 bridgehead atoms. The van der Waals surface area contributed by atoms with Gasteiger partial charge in [-0.3, -0.25) is 9.69 Å². The van der Waals surface area contributed by atoms with Crippen LogP contribution in [-0.2, 0) is 28.9 Å². The Hall–Kier alpha value is -1.72. The number of anilines is 1. The van der Waals surface area contributed by atoms with Crippen LogP contribution in [0.15, 0.2) is 17.5 Å². The Morgan fingerprint density at radius 2 is 2.20 bits per heavy atom. The number of fused-ring (bicyclic) bond motifs is 1. The normalized spacial score (nSPS) is 18.7. The van der Waals surface area contributed by atoms with Gasteiger partial charge in [0.05, 0.1) is 11.7 Å². The van der Waals surface area contributed by atoms with E-state index in [0.717, 1.165) is 56.8 Å². The molecule has 30 heavy (non-hydrogen) atoms. The third kappa shape index (κ3) is 5.50. The van der Waals surface area contributed by atoms with Crippen molar-refractivity contribution in [3.63, 3.8) is 0 Å². The second kappa shape index (κ2) is 10.5. The van der Waals surface area contributed by atoms with E-state index >= 15 is 0 Å². The predicted octanol–water partition coefficient (Wildman–Crippen LogP) is 4.96. The van der Waals surface area contributed by atoms with E-state index in [4.69, 9.17) is 4.74 Å². The summed E-state index contributed by atoms with van der Waals surface area (Å²) in [7, 11) is 0.